The Morgan fingerprint density at radius 1 is 1.00 bits per heavy atom. The van der Waals surface area contributed by atoms with Crippen LogP contribution in [0.1, 0.15) is 13.8 Å². The van der Waals surface area contributed by atoms with Crippen LogP contribution in [0.4, 0.5) is 0 Å². The van der Waals surface area contributed by atoms with E-state index in [0.29, 0.717) is 13.2 Å². The molecule has 15 heavy (non-hydrogen) atoms. The molecule has 0 saturated carbocycles. The zero-order chi connectivity index (χ0) is 11.1. The summed E-state index contributed by atoms with van der Waals surface area (Å²) in [4.78, 5) is 0. The smallest absolute Gasteiger partial charge is 0.493 e. The quantitative estimate of drug-likeness (QED) is 0.662. The van der Waals surface area contributed by atoms with Crippen molar-refractivity contribution in [3.8, 4) is 5.75 Å². The van der Waals surface area contributed by atoms with Crippen LogP contribution in [0.5, 0.6) is 5.75 Å². The lowest BCUT2D eigenvalue weighted by molar-refractivity contribution is 0.225. The summed E-state index contributed by atoms with van der Waals surface area (Å²) in [5.41, 5.74) is 1.01. The van der Waals surface area contributed by atoms with Crippen LogP contribution in [0.2, 0.25) is 0 Å². The lowest BCUT2D eigenvalue weighted by atomic mass is 9.79. The number of rotatable bonds is 6. The maximum Gasteiger partial charge on any atom is 0.493 e. The highest BCUT2D eigenvalue weighted by molar-refractivity contribution is 6.61. The van der Waals surface area contributed by atoms with Crippen molar-refractivity contribution in [3.05, 3.63) is 24.3 Å². The summed E-state index contributed by atoms with van der Waals surface area (Å²) in [7, 11) is 1.38. The first kappa shape index (κ1) is 12.1. The standard InChI is InChI=1S/C11H17BO3/c1-4-14-12(15-5-2)10-6-8-11(13-3)9-7-10/h6-9H,4-5H2,1-3H3. The summed E-state index contributed by atoms with van der Waals surface area (Å²) in [6, 6.07) is 7.71. The molecule has 0 aromatic heterocycles. The van der Waals surface area contributed by atoms with Crippen LogP contribution < -0.4 is 10.2 Å². The molecule has 1 aromatic carbocycles. The summed E-state index contributed by atoms with van der Waals surface area (Å²) in [6.07, 6.45) is 0. The monoisotopic (exact) mass is 208 g/mol. The zero-order valence-electron chi connectivity index (χ0n) is 9.53. The van der Waals surface area contributed by atoms with E-state index in [-0.39, 0.29) is 7.12 Å². The van der Waals surface area contributed by atoms with Crippen LogP contribution in [0, 0.1) is 0 Å². The highest BCUT2D eigenvalue weighted by Gasteiger charge is 2.19. The van der Waals surface area contributed by atoms with Gasteiger partial charge in [-0.05, 0) is 31.4 Å². The van der Waals surface area contributed by atoms with Crippen molar-refractivity contribution < 1.29 is 14.0 Å². The van der Waals surface area contributed by atoms with Gasteiger partial charge in [0.25, 0.3) is 0 Å². The minimum atomic E-state index is -0.272. The molecule has 0 aliphatic heterocycles. The third kappa shape index (κ3) is 3.57. The molecule has 1 aromatic rings. The van der Waals surface area contributed by atoms with Crippen molar-refractivity contribution in [1.29, 1.82) is 0 Å². The topological polar surface area (TPSA) is 27.7 Å². The van der Waals surface area contributed by atoms with Gasteiger partial charge in [-0.2, -0.15) is 0 Å². The maximum absolute atomic E-state index is 5.48. The lowest BCUT2D eigenvalue weighted by Gasteiger charge is -2.12. The molecule has 0 spiro atoms. The number of methoxy groups -OCH3 is 1. The van der Waals surface area contributed by atoms with Gasteiger partial charge in [0.15, 0.2) is 0 Å². The van der Waals surface area contributed by atoms with Crippen molar-refractivity contribution in [1.82, 2.24) is 0 Å². The van der Waals surface area contributed by atoms with E-state index < -0.39 is 0 Å². The van der Waals surface area contributed by atoms with Gasteiger partial charge in [-0.1, -0.05) is 12.1 Å². The number of benzene rings is 1. The van der Waals surface area contributed by atoms with E-state index in [9.17, 15) is 0 Å². The predicted octanol–water partition coefficient (Wildman–Crippen LogP) is 1.46. The molecule has 4 heteroatoms. The zero-order valence-corrected chi connectivity index (χ0v) is 9.53. The number of hydrogen-bond acceptors (Lipinski definition) is 3. The summed E-state index contributed by atoms with van der Waals surface area (Å²) >= 11 is 0. The van der Waals surface area contributed by atoms with E-state index in [1.54, 1.807) is 7.11 Å². The SMILES string of the molecule is CCOB(OCC)c1ccc(OC)cc1. The van der Waals surface area contributed by atoms with E-state index in [2.05, 4.69) is 0 Å². The molecule has 0 amide bonds. The van der Waals surface area contributed by atoms with Gasteiger partial charge in [0.2, 0.25) is 0 Å². The second kappa shape index (κ2) is 6.48. The average molecular weight is 208 g/mol. The molecule has 0 bridgehead atoms. The van der Waals surface area contributed by atoms with Gasteiger partial charge in [0, 0.05) is 13.2 Å². The fourth-order valence-electron chi connectivity index (χ4n) is 1.30. The molecule has 3 nitrogen and oxygen atoms in total. The van der Waals surface area contributed by atoms with E-state index in [1.165, 1.54) is 0 Å². The third-order valence-electron chi connectivity index (χ3n) is 2.02. The molecule has 0 atom stereocenters. The minimum Gasteiger partial charge on any atom is -0.497 e. The van der Waals surface area contributed by atoms with Crippen molar-refractivity contribution in [2.75, 3.05) is 20.3 Å². The summed E-state index contributed by atoms with van der Waals surface area (Å²) in [6.45, 7) is 5.18. The summed E-state index contributed by atoms with van der Waals surface area (Å²) < 4.78 is 16.0. The lowest BCUT2D eigenvalue weighted by Crippen LogP contribution is -2.36. The van der Waals surface area contributed by atoms with Gasteiger partial charge in [0.05, 0.1) is 7.11 Å². The van der Waals surface area contributed by atoms with E-state index in [1.807, 2.05) is 38.1 Å². The van der Waals surface area contributed by atoms with Crippen LogP contribution in [0.25, 0.3) is 0 Å². The van der Waals surface area contributed by atoms with Gasteiger partial charge < -0.3 is 14.0 Å². The second-order valence-electron chi connectivity index (χ2n) is 3.02. The van der Waals surface area contributed by atoms with Gasteiger partial charge >= 0.3 is 7.12 Å². The second-order valence-corrected chi connectivity index (χ2v) is 3.02. The summed E-state index contributed by atoms with van der Waals surface area (Å²) in [5, 5.41) is 0. The van der Waals surface area contributed by atoms with E-state index >= 15 is 0 Å². The third-order valence-corrected chi connectivity index (χ3v) is 2.02. The first-order valence-corrected chi connectivity index (χ1v) is 5.19. The van der Waals surface area contributed by atoms with Gasteiger partial charge in [0.1, 0.15) is 5.75 Å². The van der Waals surface area contributed by atoms with E-state index in [0.717, 1.165) is 11.2 Å². The van der Waals surface area contributed by atoms with Crippen molar-refractivity contribution in [2.24, 2.45) is 0 Å². The van der Waals surface area contributed by atoms with Crippen molar-refractivity contribution in [3.63, 3.8) is 0 Å². The molecular weight excluding hydrogens is 191 g/mol. The Balaban J connectivity index is 2.72. The Morgan fingerprint density at radius 2 is 1.53 bits per heavy atom. The molecule has 0 N–H and O–H groups in total. The number of ether oxygens (including phenoxy) is 1. The van der Waals surface area contributed by atoms with Gasteiger partial charge in [-0.15, -0.1) is 0 Å². The molecule has 0 heterocycles. The molecule has 0 radical (unpaired) electrons. The fraction of sp³-hybridized carbons (Fsp3) is 0.455. The van der Waals surface area contributed by atoms with Crippen molar-refractivity contribution in [2.45, 2.75) is 13.8 Å². The Hall–Kier alpha value is -0.995. The van der Waals surface area contributed by atoms with Crippen LogP contribution >= 0.6 is 0 Å². The Labute approximate surface area is 91.5 Å². The normalized spacial score (nSPS) is 10.1. The van der Waals surface area contributed by atoms with Crippen molar-refractivity contribution >= 4 is 12.6 Å². The van der Waals surface area contributed by atoms with Crippen LogP contribution in [0.3, 0.4) is 0 Å². The Bertz CT molecular complexity index is 268. The van der Waals surface area contributed by atoms with Gasteiger partial charge in [-0.25, -0.2) is 0 Å². The Kier molecular flexibility index (Phi) is 5.22. The van der Waals surface area contributed by atoms with Crippen LogP contribution in [0.15, 0.2) is 24.3 Å². The highest BCUT2D eigenvalue weighted by Crippen LogP contribution is 2.06. The molecular formula is C11H17BO3. The molecule has 0 aliphatic rings. The van der Waals surface area contributed by atoms with E-state index in [4.69, 9.17) is 14.0 Å². The molecule has 82 valence electrons. The fourth-order valence-corrected chi connectivity index (χ4v) is 1.30. The molecule has 0 saturated heterocycles. The predicted molar refractivity (Wildman–Crippen MR) is 61.6 cm³/mol. The molecule has 1 rings (SSSR count). The molecule has 0 aliphatic carbocycles. The first-order valence-electron chi connectivity index (χ1n) is 5.19. The summed E-state index contributed by atoms with van der Waals surface area (Å²) in [5.74, 6) is 0.838. The minimum absolute atomic E-state index is 0.272. The largest absolute Gasteiger partial charge is 0.497 e. The average Bonchev–Trinajstić information content (AvgIpc) is 2.29. The van der Waals surface area contributed by atoms with Crippen LogP contribution in [-0.4, -0.2) is 27.4 Å². The first-order chi connectivity index (χ1) is 7.31. The molecule has 0 fully saturated rings. The maximum atomic E-state index is 5.48. The Morgan fingerprint density at radius 3 is 1.93 bits per heavy atom. The number of hydrogen-bond donors (Lipinski definition) is 0. The van der Waals surface area contributed by atoms with Crippen LogP contribution in [-0.2, 0) is 9.31 Å². The molecule has 0 unspecified atom stereocenters. The highest BCUT2D eigenvalue weighted by atomic mass is 16.6. The van der Waals surface area contributed by atoms with Gasteiger partial charge in [-0.3, -0.25) is 0 Å².